The van der Waals surface area contributed by atoms with Crippen LogP contribution in [0, 0.1) is 0 Å². The fourth-order valence-corrected chi connectivity index (χ4v) is 1.74. The molecule has 0 aliphatic heterocycles. The summed E-state index contributed by atoms with van der Waals surface area (Å²) in [6, 6.07) is 7.76. The molecule has 4 heteroatoms. The highest BCUT2D eigenvalue weighted by Crippen LogP contribution is 2.21. The SMILES string of the molecule is C=CCO[C@@H](C)C(=O)Nc1cncc2ccccc12. The molecule has 0 saturated heterocycles. The van der Waals surface area contributed by atoms with Gasteiger partial charge in [-0.15, -0.1) is 6.58 Å². The number of rotatable bonds is 5. The molecule has 0 radical (unpaired) electrons. The molecular formula is C15H16N2O2. The van der Waals surface area contributed by atoms with Crippen LogP contribution < -0.4 is 5.32 Å². The number of ether oxygens (including phenoxy) is 1. The maximum Gasteiger partial charge on any atom is 0.253 e. The van der Waals surface area contributed by atoms with Crippen LogP contribution in [0.15, 0.2) is 49.3 Å². The monoisotopic (exact) mass is 256 g/mol. The smallest absolute Gasteiger partial charge is 0.253 e. The molecule has 4 nitrogen and oxygen atoms in total. The molecule has 1 aromatic carbocycles. The molecule has 0 aliphatic rings. The zero-order valence-corrected chi connectivity index (χ0v) is 10.8. The fraction of sp³-hybridized carbons (Fsp3) is 0.200. The Bertz CT molecular complexity index is 590. The zero-order chi connectivity index (χ0) is 13.7. The third-order valence-electron chi connectivity index (χ3n) is 2.76. The van der Waals surface area contributed by atoms with Gasteiger partial charge in [0, 0.05) is 17.0 Å². The van der Waals surface area contributed by atoms with Gasteiger partial charge in [-0.2, -0.15) is 0 Å². The predicted molar refractivity (Wildman–Crippen MR) is 76.0 cm³/mol. The van der Waals surface area contributed by atoms with Crippen LogP contribution >= 0.6 is 0 Å². The molecule has 1 N–H and O–H groups in total. The molecule has 1 heterocycles. The summed E-state index contributed by atoms with van der Waals surface area (Å²) >= 11 is 0. The number of benzene rings is 1. The fourth-order valence-electron chi connectivity index (χ4n) is 1.74. The molecular weight excluding hydrogens is 240 g/mol. The Hall–Kier alpha value is -2.20. The number of nitrogens with one attached hydrogen (secondary N) is 1. The maximum atomic E-state index is 12.0. The minimum absolute atomic E-state index is 0.194. The van der Waals surface area contributed by atoms with E-state index in [1.165, 1.54) is 0 Å². The average Bonchev–Trinajstić information content (AvgIpc) is 2.45. The Morgan fingerprint density at radius 3 is 3.05 bits per heavy atom. The normalized spacial score (nSPS) is 12.1. The third-order valence-corrected chi connectivity index (χ3v) is 2.76. The van der Waals surface area contributed by atoms with Crippen LogP contribution in [0.3, 0.4) is 0 Å². The molecule has 1 atom stereocenters. The first kappa shape index (κ1) is 13.2. The van der Waals surface area contributed by atoms with Crippen molar-refractivity contribution in [3.8, 4) is 0 Å². The van der Waals surface area contributed by atoms with Gasteiger partial charge in [0.1, 0.15) is 6.10 Å². The van der Waals surface area contributed by atoms with E-state index in [0.29, 0.717) is 12.3 Å². The van der Waals surface area contributed by atoms with E-state index in [-0.39, 0.29) is 5.91 Å². The molecule has 1 aromatic heterocycles. The summed E-state index contributed by atoms with van der Waals surface area (Å²) in [5.74, 6) is -0.194. The van der Waals surface area contributed by atoms with Crippen LogP contribution in [0.5, 0.6) is 0 Å². The van der Waals surface area contributed by atoms with Crippen molar-refractivity contribution < 1.29 is 9.53 Å². The molecule has 0 saturated carbocycles. The van der Waals surface area contributed by atoms with Gasteiger partial charge in [-0.3, -0.25) is 9.78 Å². The summed E-state index contributed by atoms with van der Waals surface area (Å²) in [6.45, 7) is 5.61. The highest BCUT2D eigenvalue weighted by atomic mass is 16.5. The number of carbonyl (C=O) groups is 1. The number of hydrogen-bond acceptors (Lipinski definition) is 3. The summed E-state index contributed by atoms with van der Waals surface area (Å²) in [7, 11) is 0. The van der Waals surface area contributed by atoms with Crippen LogP contribution in [-0.4, -0.2) is 23.6 Å². The summed E-state index contributed by atoms with van der Waals surface area (Å²) in [4.78, 5) is 16.1. The Morgan fingerprint density at radius 1 is 1.47 bits per heavy atom. The molecule has 0 spiro atoms. The molecule has 2 aromatic rings. The van der Waals surface area contributed by atoms with Crippen LogP contribution in [0.4, 0.5) is 5.69 Å². The summed E-state index contributed by atoms with van der Waals surface area (Å²) in [5.41, 5.74) is 0.692. The van der Waals surface area contributed by atoms with Crippen LogP contribution in [-0.2, 0) is 9.53 Å². The standard InChI is InChI=1S/C15H16N2O2/c1-3-8-19-11(2)15(18)17-14-10-16-9-12-6-4-5-7-13(12)14/h3-7,9-11H,1,8H2,2H3,(H,17,18)/t11-/m0/s1. The van der Waals surface area contributed by atoms with Crippen LogP contribution in [0.25, 0.3) is 10.8 Å². The Balaban J connectivity index is 2.17. The number of nitrogens with zero attached hydrogens (tertiary/aromatic N) is 1. The van der Waals surface area contributed by atoms with Gasteiger partial charge in [0.25, 0.3) is 5.91 Å². The summed E-state index contributed by atoms with van der Waals surface area (Å²) in [5, 5.41) is 4.78. The van der Waals surface area contributed by atoms with Gasteiger partial charge in [-0.25, -0.2) is 0 Å². The van der Waals surface area contributed by atoms with Gasteiger partial charge >= 0.3 is 0 Å². The average molecular weight is 256 g/mol. The summed E-state index contributed by atoms with van der Waals surface area (Å²) in [6.07, 6.45) is 4.49. The second kappa shape index (κ2) is 6.11. The van der Waals surface area contributed by atoms with Crippen molar-refractivity contribution in [1.29, 1.82) is 0 Å². The van der Waals surface area contributed by atoms with Crippen molar-refractivity contribution >= 4 is 22.4 Å². The first-order chi connectivity index (χ1) is 9.22. The van der Waals surface area contributed by atoms with Crippen molar-refractivity contribution in [3.63, 3.8) is 0 Å². The minimum atomic E-state index is -0.531. The largest absolute Gasteiger partial charge is 0.365 e. The van der Waals surface area contributed by atoms with Gasteiger partial charge in [-0.05, 0) is 6.92 Å². The van der Waals surface area contributed by atoms with Gasteiger partial charge in [0.15, 0.2) is 0 Å². The second-order valence-corrected chi connectivity index (χ2v) is 4.16. The number of aromatic nitrogens is 1. The van der Waals surface area contributed by atoms with Gasteiger partial charge in [0.2, 0.25) is 0 Å². The highest BCUT2D eigenvalue weighted by molar-refractivity contribution is 6.02. The van der Waals surface area contributed by atoms with Crippen molar-refractivity contribution in [1.82, 2.24) is 4.98 Å². The molecule has 98 valence electrons. The van der Waals surface area contributed by atoms with Gasteiger partial charge < -0.3 is 10.1 Å². The van der Waals surface area contributed by atoms with E-state index in [1.54, 1.807) is 25.4 Å². The van der Waals surface area contributed by atoms with E-state index in [2.05, 4.69) is 16.9 Å². The Labute approximate surface area is 112 Å². The number of anilines is 1. The van der Waals surface area contributed by atoms with Crippen molar-refractivity contribution in [2.24, 2.45) is 0 Å². The molecule has 0 unspecified atom stereocenters. The third kappa shape index (κ3) is 3.17. The second-order valence-electron chi connectivity index (χ2n) is 4.16. The zero-order valence-electron chi connectivity index (χ0n) is 10.8. The lowest BCUT2D eigenvalue weighted by Gasteiger charge is -2.13. The Morgan fingerprint density at radius 2 is 2.26 bits per heavy atom. The van der Waals surface area contributed by atoms with Crippen molar-refractivity contribution in [2.75, 3.05) is 11.9 Å². The number of fused-ring (bicyclic) bond motifs is 1. The van der Waals surface area contributed by atoms with E-state index in [1.807, 2.05) is 24.3 Å². The maximum absolute atomic E-state index is 12.0. The Kier molecular flexibility index (Phi) is 4.26. The lowest BCUT2D eigenvalue weighted by Crippen LogP contribution is -2.27. The van der Waals surface area contributed by atoms with E-state index in [0.717, 1.165) is 10.8 Å². The van der Waals surface area contributed by atoms with E-state index in [4.69, 9.17) is 4.74 Å². The number of amides is 1. The number of pyridine rings is 1. The number of carbonyl (C=O) groups excluding carboxylic acids is 1. The predicted octanol–water partition coefficient (Wildman–Crippen LogP) is 2.76. The van der Waals surface area contributed by atoms with E-state index < -0.39 is 6.10 Å². The quantitative estimate of drug-likeness (QED) is 0.837. The molecule has 0 bridgehead atoms. The first-order valence-corrected chi connectivity index (χ1v) is 6.08. The van der Waals surface area contributed by atoms with Crippen molar-refractivity contribution in [3.05, 3.63) is 49.3 Å². The van der Waals surface area contributed by atoms with E-state index in [9.17, 15) is 4.79 Å². The topological polar surface area (TPSA) is 51.2 Å². The highest BCUT2D eigenvalue weighted by Gasteiger charge is 2.14. The molecule has 2 rings (SSSR count). The summed E-state index contributed by atoms with van der Waals surface area (Å²) < 4.78 is 5.29. The van der Waals surface area contributed by atoms with Crippen LogP contribution in [0.2, 0.25) is 0 Å². The minimum Gasteiger partial charge on any atom is -0.365 e. The first-order valence-electron chi connectivity index (χ1n) is 6.08. The molecule has 0 aliphatic carbocycles. The van der Waals surface area contributed by atoms with Gasteiger partial charge in [0.05, 0.1) is 18.5 Å². The lowest BCUT2D eigenvalue weighted by atomic mass is 10.1. The van der Waals surface area contributed by atoms with Crippen molar-refractivity contribution in [2.45, 2.75) is 13.0 Å². The van der Waals surface area contributed by atoms with Crippen LogP contribution in [0.1, 0.15) is 6.92 Å². The molecule has 19 heavy (non-hydrogen) atoms. The van der Waals surface area contributed by atoms with Gasteiger partial charge in [-0.1, -0.05) is 30.3 Å². The number of hydrogen-bond donors (Lipinski definition) is 1. The molecule has 1 amide bonds. The molecule has 0 fully saturated rings. The van der Waals surface area contributed by atoms with E-state index >= 15 is 0 Å². The lowest BCUT2D eigenvalue weighted by molar-refractivity contribution is -0.125.